The van der Waals surface area contributed by atoms with Crippen LogP contribution in [0.15, 0.2) is 124 Å². The minimum Gasteiger partial charge on any atom is -1.00 e. The topological polar surface area (TPSA) is 0 Å². The van der Waals surface area contributed by atoms with E-state index in [9.17, 15) is 0 Å². The second-order valence-electron chi connectivity index (χ2n) is 8.92. The van der Waals surface area contributed by atoms with Crippen molar-refractivity contribution in [2.45, 2.75) is 19.8 Å². The summed E-state index contributed by atoms with van der Waals surface area (Å²) in [6.07, 6.45) is 6.88. The molecule has 2 aliphatic rings. The second-order valence-corrected chi connectivity index (χ2v) is 14.8. The van der Waals surface area contributed by atoms with E-state index in [0.29, 0.717) is 0 Å². The summed E-state index contributed by atoms with van der Waals surface area (Å²) in [6.45, 7) is 2.32. The van der Waals surface area contributed by atoms with Gasteiger partial charge < -0.3 is 24.8 Å². The first-order valence-corrected chi connectivity index (χ1v) is 15.4. The van der Waals surface area contributed by atoms with Gasteiger partial charge >= 0.3 is 205 Å². The first-order valence-electron chi connectivity index (χ1n) is 11.7. The molecule has 2 aliphatic carbocycles. The Morgan fingerprint density at radius 3 is 1.89 bits per heavy atom. The Balaban J connectivity index is 0.00000144. The molecule has 6 rings (SSSR count). The predicted molar refractivity (Wildman–Crippen MR) is 137 cm³/mol. The summed E-state index contributed by atoms with van der Waals surface area (Å²) in [5, 5.41) is 0. The van der Waals surface area contributed by atoms with Gasteiger partial charge in [0.15, 0.2) is 0 Å². The summed E-state index contributed by atoms with van der Waals surface area (Å²) < 4.78 is 4.96. The predicted octanol–water partition coefficient (Wildman–Crippen LogP) is 1.01. The number of hydrogen-bond donors (Lipinski definition) is 0. The van der Waals surface area contributed by atoms with Gasteiger partial charge in [-0.15, -0.1) is 0 Å². The number of allylic oxidation sites excluding steroid dienone is 4. The molecule has 0 bridgehead atoms. The first kappa shape index (κ1) is 25.8. The molecule has 4 aromatic carbocycles. The van der Waals surface area contributed by atoms with Crippen molar-refractivity contribution in [1.29, 1.82) is 0 Å². The molecular weight excluding hydrogens is 546 g/mol. The van der Waals surface area contributed by atoms with Crippen LogP contribution in [0, 0.1) is 0 Å². The van der Waals surface area contributed by atoms with Crippen LogP contribution in [0.4, 0.5) is 0 Å². The van der Waals surface area contributed by atoms with Gasteiger partial charge in [0.1, 0.15) is 0 Å². The van der Waals surface area contributed by atoms with E-state index in [4.69, 9.17) is 0 Å². The summed E-state index contributed by atoms with van der Waals surface area (Å²) in [6, 6.07) is 38.4. The molecule has 0 radical (unpaired) electrons. The van der Waals surface area contributed by atoms with Gasteiger partial charge in [0.05, 0.1) is 0 Å². The normalized spacial score (nSPS) is 12.7. The van der Waals surface area contributed by atoms with Gasteiger partial charge in [-0.25, -0.2) is 0 Å². The Labute approximate surface area is 228 Å². The Morgan fingerprint density at radius 2 is 1.26 bits per heavy atom. The van der Waals surface area contributed by atoms with Gasteiger partial charge in [-0.05, 0) is 0 Å². The van der Waals surface area contributed by atoms with Crippen LogP contribution >= 0.6 is 0 Å². The van der Waals surface area contributed by atoms with Crippen LogP contribution in [0.5, 0.6) is 0 Å². The smallest absolute Gasteiger partial charge is 1.00 e. The summed E-state index contributed by atoms with van der Waals surface area (Å²) in [5.74, 6) is 0. The molecule has 0 aliphatic heterocycles. The molecule has 0 saturated carbocycles. The van der Waals surface area contributed by atoms with Gasteiger partial charge in [-0.1, -0.05) is 0 Å². The number of halogens is 2. The molecule has 35 heavy (non-hydrogen) atoms. The van der Waals surface area contributed by atoms with Gasteiger partial charge in [0.25, 0.3) is 0 Å². The molecule has 0 atom stereocenters. The van der Waals surface area contributed by atoms with E-state index in [1.165, 1.54) is 33.4 Å². The van der Waals surface area contributed by atoms with Gasteiger partial charge in [-0.2, -0.15) is 0 Å². The zero-order chi connectivity index (χ0) is 22.2. The monoisotopic (exact) mass is 570 g/mol. The van der Waals surface area contributed by atoms with E-state index in [2.05, 4.69) is 122 Å². The van der Waals surface area contributed by atoms with Gasteiger partial charge in [0.2, 0.25) is 0 Å². The molecule has 0 heterocycles. The Hall–Kier alpha value is -2.31. The summed E-state index contributed by atoms with van der Waals surface area (Å²) in [4.78, 5) is 0. The molecule has 3 heteroatoms. The molecule has 0 amide bonds. The van der Waals surface area contributed by atoms with E-state index < -0.39 is 21.3 Å². The van der Waals surface area contributed by atoms with Crippen LogP contribution in [-0.4, -0.2) is 3.21 Å². The van der Waals surface area contributed by atoms with Crippen molar-refractivity contribution in [3.63, 3.8) is 0 Å². The zero-order valence-corrected chi connectivity index (χ0v) is 23.6. The minimum atomic E-state index is -2.52. The van der Waals surface area contributed by atoms with Crippen LogP contribution in [0.3, 0.4) is 0 Å². The third-order valence-electron chi connectivity index (χ3n) is 6.96. The SMILES string of the molecule is CC1=[C]([Zr+2](=[C](c2ccccc2)c2ccccc2)[c]2cccc3c2Cc2ccccc2-3)CC=C1.[Cl-].[Cl-]. The van der Waals surface area contributed by atoms with E-state index >= 15 is 0 Å². The average molecular weight is 573 g/mol. The number of fused-ring (bicyclic) bond motifs is 3. The maximum atomic E-state index is 2.46. The van der Waals surface area contributed by atoms with Crippen LogP contribution < -0.4 is 28.1 Å². The second kappa shape index (κ2) is 11.2. The van der Waals surface area contributed by atoms with E-state index in [-0.39, 0.29) is 24.8 Å². The van der Waals surface area contributed by atoms with E-state index in [1.807, 2.05) is 0 Å². The van der Waals surface area contributed by atoms with Crippen LogP contribution in [0.1, 0.15) is 35.6 Å². The van der Waals surface area contributed by atoms with Crippen molar-refractivity contribution >= 4 is 6.48 Å². The molecular formula is C32H26Cl2Zr. The molecule has 0 fully saturated rings. The van der Waals surface area contributed by atoms with Crippen molar-refractivity contribution in [2.24, 2.45) is 0 Å². The van der Waals surface area contributed by atoms with Crippen molar-refractivity contribution in [1.82, 2.24) is 0 Å². The molecule has 4 aromatic rings. The maximum absolute atomic E-state index is 2.52. The Kier molecular flexibility index (Phi) is 8.23. The fraction of sp³-hybridized carbons (Fsp3) is 0.0938. The third kappa shape index (κ3) is 4.75. The largest absolute Gasteiger partial charge is 1.00 e. The zero-order valence-electron chi connectivity index (χ0n) is 19.6. The number of hydrogen-bond acceptors (Lipinski definition) is 0. The van der Waals surface area contributed by atoms with Crippen LogP contribution in [-0.2, 0) is 27.7 Å². The summed E-state index contributed by atoms with van der Waals surface area (Å²) in [5.41, 5.74) is 10.2. The minimum absolute atomic E-state index is 0. The summed E-state index contributed by atoms with van der Waals surface area (Å²) >= 11 is -2.52. The van der Waals surface area contributed by atoms with Crippen LogP contribution in [0.25, 0.3) is 11.1 Å². The summed E-state index contributed by atoms with van der Waals surface area (Å²) in [7, 11) is 0. The molecule has 0 nitrogen and oxygen atoms in total. The molecule has 0 unspecified atom stereocenters. The van der Waals surface area contributed by atoms with Crippen molar-refractivity contribution in [3.05, 3.63) is 146 Å². The van der Waals surface area contributed by atoms with Gasteiger partial charge in [-0.3, -0.25) is 0 Å². The van der Waals surface area contributed by atoms with E-state index in [1.54, 1.807) is 15.3 Å². The average Bonchev–Trinajstić information content (AvgIpc) is 3.47. The Bertz CT molecular complexity index is 1410. The first-order chi connectivity index (χ1) is 16.3. The quantitative estimate of drug-likeness (QED) is 0.302. The van der Waals surface area contributed by atoms with Crippen molar-refractivity contribution in [2.75, 3.05) is 0 Å². The molecule has 172 valence electrons. The molecule has 0 spiro atoms. The molecule has 0 saturated heterocycles. The van der Waals surface area contributed by atoms with E-state index in [0.717, 1.165) is 12.8 Å². The van der Waals surface area contributed by atoms with Crippen LogP contribution in [0.2, 0.25) is 0 Å². The molecule has 0 aromatic heterocycles. The van der Waals surface area contributed by atoms with Crippen molar-refractivity contribution < 1.29 is 46.1 Å². The fourth-order valence-corrected chi connectivity index (χ4v) is 13.8. The third-order valence-corrected chi connectivity index (χ3v) is 15.0. The standard InChI is InChI=1S/C13H9.C13H10.C6H7.2ClH.Zr/c1-3-7-12-10(5-1)9-11-6-2-4-8-13(11)12;1-3-7-12(8-4-1)11-13-9-5-2-6-10-13;1-6-4-2-3-5-6;;;/h1-5,7-8H,9H2;1-10H;2,4H,3H2,1H3;2*1H;/q;;;;;+2/p-2. The fourth-order valence-electron chi connectivity index (χ4n) is 5.42. The number of rotatable bonds is 4. The Morgan fingerprint density at radius 1 is 0.657 bits per heavy atom. The van der Waals surface area contributed by atoms with Crippen molar-refractivity contribution in [3.8, 4) is 11.1 Å². The number of benzene rings is 4. The van der Waals surface area contributed by atoms with Gasteiger partial charge in [0, 0.05) is 0 Å². The molecule has 0 N–H and O–H groups in total. The maximum Gasteiger partial charge on any atom is -1.00 e.